The number of carbonyl (C=O) groups excluding carboxylic acids is 2. The van der Waals surface area contributed by atoms with E-state index in [1.165, 1.54) is 17.6 Å². The Morgan fingerprint density at radius 2 is 2.03 bits per heavy atom. The zero-order valence-electron chi connectivity index (χ0n) is 20.9. The minimum Gasteiger partial charge on any atom is -0.491 e. The summed E-state index contributed by atoms with van der Waals surface area (Å²) in [7, 11) is 1.49. The fourth-order valence-corrected chi connectivity index (χ4v) is 5.68. The van der Waals surface area contributed by atoms with E-state index in [1.54, 1.807) is 16.2 Å². The molecule has 0 unspecified atom stereocenters. The van der Waals surface area contributed by atoms with E-state index in [-0.39, 0.29) is 37.1 Å². The van der Waals surface area contributed by atoms with Gasteiger partial charge in [0.05, 0.1) is 18.7 Å². The van der Waals surface area contributed by atoms with Crippen LogP contribution in [0.3, 0.4) is 0 Å². The molecule has 2 aliphatic heterocycles. The molecule has 1 aromatic heterocycles. The van der Waals surface area contributed by atoms with Crippen molar-refractivity contribution in [3.8, 4) is 5.75 Å². The first-order chi connectivity index (χ1) is 17.0. The van der Waals surface area contributed by atoms with E-state index >= 15 is 0 Å². The third-order valence-corrected chi connectivity index (χ3v) is 7.76. The molecule has 35 heavy (non-hydrogen) atoms. The Labute approximate surface area is 212 Å². The van der Waals surface area contributed by atoms with Crippen molar-refractivity contribution in [1.29, 1.82) is 0 Å². The summed E-state index contributed by atoms with van der Waals surface area (Å²) in [4.78, 5) is 31.0. The molecule has 1 aromatic carbocycles. The molecule has 1 saturated heterocycles. The summed E-state index contributed by atoms with van der Waals surface area (Å²) in [6.45, 7) is 6.39. The van der Waals surface area contributed by atoms with Crippen molar-refractivity contribution in [2.45, 2.75) is 51.2 Å². The van der Waals surface area contributed by atoms with Gasteiger partial charge in [-0.25, -0.2) is 0 Å². The standard InChI is InChI=1S/C27H36N2O5S/c1-19(2)20-6-8-21(9-7-20)34-17-24-23-11-14-35-25(23)10-12-29(24)26(30)16-28(27(31)18-32-3)15-22-5-4-13-33-22/h6-9,11,14,19,22,24H,4-5,10,12-13,15-18H2,1-3H3/t22-,24-/m0/s1. The number of thiophene rings is 1. The molecule has 0 radical (unpaired) electrons. The van der Waals surface area contributed by atoms with Crippen LogP contribution in [-0.2, 0) is 25.5 Å². The van der Waals surface area contributed by atoms with Crippen LogP contribution in [0, 0.1) is 0 Å². The lowest BCUT2D eigenvalue weighted by Crippen LogP contribution is -2.49. The highest BCUT2D eigenvalue weighted by Gasteiger charge is 2.34. The second kappa shape index (κ2) is 12.0. The lowest BCUT2D eigenvalue weighted by Gasteiger charge is -2.37. The first kappa shape index (κ1) is 25.7. The fourth-order valence-electron chi connectivity index (χ4n) is 4.76. The number of carbonyl (C=O) groups is 2. The van der Waals surface area contributed by atoms with Crippen LogP contribution in [0.2, 0.25) is 0 Å². The molecule has 0 aliphatic carbocycles. The number of fused-ring (bicyclic) bond motifs is 1. The summed E-state index contributed by atoms with van der Waals surface area (Å²) in [5.41, 5.74) is 2.40. The van der Waals surface area contributed by atoms with Crippen LogP contribution in [0.25, 0.3) is 0 Å². The van der Waals surface area contributed by atoms with Gasteiger partial charge in [0.1, 0.15) is 19.0 Å². The molecule has 2 aliphatic rings. The zero-order valence-corrected chi connectivity index (χ0v) is 21.7. The Morgan fingerprint density at radius 1 is 1.23 bits per heavy atom. The molecule has 2 atom stereocenters. The summed E-state index contributed by atoms with van der Waals surface area (Å²) in [6, 6.07) is 10.1. The number of nitrogens with zero attached hydrogens (tertiary/aromatic N) is 2. The Kier molecular flexibility index (Phi) is 8.81. The van der Waals surface area contributed by atoms with Gasteiger partial charge in [-0.1, -0.05) is 26.0 Å². The predicted molar refractivity (Wildman–Crippen MR) is 136 cm³/mol. The molecule has 0 saturated carbocycles. The van der Waals surface area contributed by atoms with Gasteiger partial charge < -0.3 is 24.0 Å². The molecule has 0 N–H and O–H groups in total. The van der Waals surface area contributed by atoms with Crippen LogP contribution in [0.5, 0.6) is 5.75 Å². The van der Waals surface area contributed by atoms with Gasteiger partial charge in [-0.15, -0.1) is 11.3 Å². The number of hydrogen-bond donors (Lipinski definition) is 0. The monoisotopic (exact) mass is 500 g/mol. The number of rotatable bonds is 10. The van der Waals surface area contributed by atoms with Crippen molar-refractivity contribution in [2.24, 2.45) is 0 Å². The lowest BCUT2D eigenvalue weighted by molar-refractivity contribution is -0.145. The van der Waals surface area contributed by atoms with Crippen molar-refractivity contribution in [2.75, 3.05) is 46.6 Å². The van der Waals surface area contributed by atoms with Gasteiger partial charge in [0.15, 0.2) is 0 Å². The predicted octanol–water partition coefficient (Wildman–Crippen LogP) is 4.03. The Bertz CT molecular complexity index is 984. The Morgan fingerprint density at radius 3 is 2.71 bits per heavy atom. The second-order valence-corrected chi connectivity index (χ2v) is 10.5. The van der Waals surface area contributed by atoms with Gasteiger partial charge in [0.2, 0.25) is 11.8 Å². The molecular formula is C27H36N2O5S. The van der Waals surface area contributed by atoms with Gasteiger partial charge in [-0.2, -0.15) is 0 Å². The normalized spacial score (nSPS) is 19.6. The molecule has 3 heterocycles. The summed E-state index contributed by atoms with van der Waals surface area (Å²) in [6.07, 6.45) is 2.67. The maximum atomic E-state index is 13.6. The van der Waals surface area contributed by atoms with Gasteiger partial charge in [-0.3, -0.25) is 9.59 Å². The molecule has 0 spiro atoms. The number of benzene rings is 1. The molecule has 190 valence electrons. The van der Waals surface area contributed by atoms with Crippen LogP contribution in [0.15, 0.2) is 35.7 Å². The highest BCUT2D eigenvalue weighted by Crippen LogP contribution is 2.34. The minimum absolute atomic E-state index is 0.0150. The maximum absolute atomic E-state index is 13.6. The summed E-state index contributed by atoms with van der Waals surface area (Å²) < 4.78 is 17.0. The third kappa shape index (κ3) is 6.42. The quantitative estimate of drug-likeness (QED) is 0.493. The molecule has 4 rings (SSSR count). The maximum Gasteiger partial charge on any atom is 0.249 e. The van der Waals surface area contributed by atoms with Crippen LogP contribution in [0.4, 0.5) is 0 Å². The largest absolute Gasteiger partial charge is 0.491 e. The van der Waals surface area contributed by atoms with E-state index in [0.717, 1.165) is 30.6 Å². The Hall–Kier alpha value is -2.42. The first-order valence-corrected chi connectivity index (χ1v) is 13.3. The first-order valence-electron chi connectivity index (χ1n) is 12.4. The molecule has 2 amide bonds. The molecule has 0 bridgehead atoms. The van der Waals surface area contributed by atoms with Crippen molar-refractivity contribution in [3.05, 3.63) is 51.7 Å². The smallest absolute Gasteiger partial charge is 0.249 e. The van der Waals surface area contributed by atoms with E-state index in [4.69, 9.17) is 14.2 Å². The summed E-state index contributed by atoms with van der Waals surface area (Å²) in [5.74, 6) is 0.984. The number of amides is 2. The van der Waals surface area contributed by atoms with Crippen LogP contribution >= 0.6 is 11.3 Å². The fraction of sp³-hybridized carbons (Fsp3) is 0.556. The van der Waals surface area contributed by atoms with E-state index in [0.29, 0.717) is 32.2 Å². The average Bonchev–Trinajstić information content (AvgIpc) is 3.54. The SMILES string of the molecule is COCC(=O)N(CC(=O)N1CCc2sccc2[C@@H]1COc1ccc(C(C)C)cc1)C[C@@H]1CCCO1. The van der Waals surface area contributed by atoms with Crippen molar-refractivity contribution in [3.63, 3.8) is 0 Å². The molecule has 2 aromatic rings. The lowest BCUT2D eigenvalue weighted by atomic mass is 10.00. The number of methoxy groups -OCH3 is 1. The van der Waals surface area contributed by atoms with E-state index in [1.807, 2.05) is 17.0 Å². The summed E-state index contributed by atoms with van der Waals surface area (Å²) >= 11 is 1.73. The van der Waals surface area contributed by atoms with Gasteiger partial charge >= 0.3 is 0 Å². The van der Waals surface area contributed by atoms with Gasteiger partial charge in [0, 0.05) is 31.7 Å². The third-order valence-electron chi connectivity index (χ3n) is 6.76. The molecular weight excluding hydrogens is 464 g/mol. The van der Waals surface area contributed by atoms with Crippen molar-refractivity contribution in [1.82, 2.24) is 9.80 Å². The van der Waals surface area contributed by atoms with Crippen LogP contribution in [0.1, 0.15) is 54.7 Å². The van der Waals surface area contributed by atoms with Crippen LogP contribution in [-0.4, -0.2) is 74.3 Å². The average molecular weight is 501 g/mol. The van der Waals surface area contributed by atoms with Crippen LogP contribution < -0.4 is 4.74 Å². The topological polar surface area (TPSA) is 68.3 Å². The van der Waals surface area contributed by atoms with Gasteiger partial charge in [-0.05, 0) is 59.9 Å². The van der Waals surface area contributed by atoms with E-state index in [2.05, 4.69) is 37.4 Å². The van der Waals surface area contributed by atoms with Gasteiger partial charge in [0.25, 0.3) is 0 Å². The molecule has 7 nitrogen and oxygen atoms in total. The Balaban J connectivity index is 1.47. The summed E-state index contributed by atoms with van der Waals surface area (Å²) in [5, 5.41) is 2.08. The zero-order chi connectivity index (χ0) is 24.8. The van der Waals surface area contributed by atoms with E-state index in [9.17, 15) is 9.59 Å². The van der Waals surface area contributed by atoms with E-state index < -0.39 is 0 Å². The second-order valence-electron chi connectivity index (χ2n) is 9.53. The number of ether oxygens (including phenoxy) is 3. The molecule has 1 fully saturated rings. The number of hydrogen-bond acceptors (Lipinski definition) is 6. The minimum atomic E-state index is -0.192. The molecule has 8 heteroatoms. The highest BCUT2D eigenvalue weighted by molar-refractivity contribution is 7.10. The van der Waals surface area contributed by atoms with Crippen molar-refractivity contribution < 1.29 is 23.8 Å². The highest BCUT2D eigenvalue weighted by atomic mass is 32.1. The van der Waals surface area contributed by atoms with Crippen molar-refractivity contribution >= 4 is 23.2 Å².